The molecule has 0 unspecified atom stereocenters. The first kappa shape index (κ1) is 11.1. The van der Waals surface area contributed by atoms with Crippen LogP contribution in [0.5, 0.6) is 0 Å². The number of rotatable bonds is 2. The summed E-state index contributed by atoms with van der Waals surface area (Å²) in [5, 5.41) is 2.95. The number of thioether (sulfide) groups is 1. The molecule has 0 aromatic rings. The molecule has 0 aromatic carbocycles. The number of amides is 2. The number of nitrogens with one attached hydrogen (secondary N) is 1. The maximum atomic E-state index is 11.7. The van der Waals surface area contributed by atoms with Crippen LogP contribution in [0.25, 0.3) is 0 Å². The predicted octanol–water partition coefficient (Wildman–Crippen LogP) is 0.924. The van der Waals surface area contributed by atoms with Gasteiger partial charge in [0.2, 0.25) is 0 Å². The minimum atomic E-state index is 0.0748. The molecule has 2 aliphatic heterocycles. The van der Waals surface area contributed by atoms with E-state index in [9.17, 15) is 4.79 Å². The molecule has 2 rings (SSSR count). The largest absolute Gasteiger partial charge is 0.376 e. The second kappa shape index (κ2) is 5.61. The van der Waals surface area contributed by atoms with Gasteiger partial charge in [-0.3, -0.25) is 0 Å². The lowest BCUT2D eigenvalue weighted by Gasteiger charge is -2.27. The first-order valence-electron chi connectivity index (χ1n) is 5.58. The number of hydrogen-bond donors (Lipinski definition) is 1. The van der Waals surface area contributed by atoms with E-state index < -0.39 is 0 Å². The van der Waals surface area contributed by atoms with Crippen molar-refractivity contribution in [2.45, 2.75) is 18.9 Å². The molecule has 2 amide bonds. The van der Waals surface area contributed by atoms with Crippen LogP contribution in [-0.4, -0.2) is 54.8 Å². The van der Waals surface area contributed by atoms with Gasteiger partial charge in [-0.2, -0.15) is 11.8 Å². The molecule has 1 N–H and O–H groups in total. The Bertz CT molecular complexity index is 213. The lowest BCUT2D eigenvalue weighted by molar-refractivity contribution is 0.109. The maximum Gasteiger partial charge on any atom is 0.317 e. The van der Waals surface area contributed by atoms with Gasteiger partial charge in [-0.15, -0.1) is 0 Å². The van der Waals surface area contributed by atoms with Crippen LogP contribution in [0.4, 0.5) is 4.79 Å². The molecule has 4 nitrogen and oxygen atoms in total. The summed E-state index contributed by atoms with van der Waals surface area (Å²) in [6.07, 6.45) is 2.45. The van der Waals surface area contributed by atoms with Crippen LogP contribution in [0.2, 0.25) is 0 Å². The van der Waals surface area contributed by atoms with Crippen LogP contribution in [0.1, 0.15) is 12.8 Å². The average Bonchev–Trinajstić information content (AvgIpc) is 2.80. The van der Waals surface area contributed by atoms with E-state index in [4.69, 9.17) is 4.74 Å². The highest BCUT2D eigenvalue weighted by Crippen LogP contribution is 2.11. The number of nitrogens with zero attached hydrogens (tertiary/aromatic N) is 1. The van der Waals surface area contributed by atoms with Gasteiger partial charge in [0, 0.05) is 37.7 Å². The van der Waals surface area contributed by atoms with Gasteiger partial charge in [-0.05, 0) is 12.8 Å². The second-order valence-corrected chi connectivity index (χ2v) is 5.15. The Hall–Kier alpha value is -0.420. The lowest BCUT2D eigenvalue weighted by atomic mass is 10.2. The van der Waals surface area contributed by atoms with E-state index in [1.807, 2.05) is 16.7 Å². The van der Waals surface area contributed by atoms with E-state index in [0.717, 1.165) is 44.0 Å². The van der Waals surface area contributed by atoms with Crippen molar-refractivity contribution in [3.63, 3.8) is 0 Å². The van der Waals surface area contributed by atoms with Crippen molar-refractivity contribution >= 4 is 17.8 Å². The third-order valence-corrected chi connectivity index (χ3v) is 3.75. The summed E-state index contributed by atoms with van der Waals surface area (Å²) in [7, 11) is 0. The van der Waals surface area contributed by atoms with Crippen LogP contribution in [0, 0.1) is 0 Å². The predicted molar refractivity (Wildman–Crippen MR) is 61.3 cm³/mol. The third kappa shape index (κ3) is 3.28. The van der Waals surface area contributed by atoms with Crippen molar-refractivity contribution in [1.82, 2.24) is 10.2 Å². The first-order chi connectivity index (χ1) is 7.36. The van der Waals surface area contributed by atoms with Crippen molar-refractivity contribution in [3.8, 4) is 0 Å². The highest BCUT2D eigenvalue weighted by atomic mass is 32.2. The molecule has 0 spiro atoms. The van der Waals surface area contributed by atoms with Crippen LogP contribution < -0.4 is 5.32 Å². The Morgan fingerprint density at radius 3 is 2.93 bits per heavy atom. The van der Waals surface area contributed by atoms with Gasteiger partial charge in [0.1, 0.15) is 0 Å². The van der Waals surface area contributed by atoms with Gasteiger partial charge in [0.25, 0.3) is 0 Å². The monoisotopic (exact) mass is 230 g/mol. The molecule has 0 radical (unpaired) electrons. The fourth-order valence-electron chi connectivity index (χ4n) is 1.88. The molecule has 2 heterocycles. The Morgan fingerprint density at radius 1 is 1.47 bits per heavy atom. The quantitative estimate of drug-likeness (QED) is 0.767. The molecule has 1 atom stereocenters. The van der Waals surface area contributed by atoms with E-state index in [2.05, 4.69) is 5.32 Å². The highest BCUT2D eigenvalue weighted by Gasteiger charge is 2.19. The SMILES string of the molecule is O=C(NC[C@@H]1CCCO1)N1CCSCC1. The summed E-state index contributed by atoms with van der Waals surface area (Å²) in [5.41, 5.74) is 0. The van der Waals surface area contributed by atoms with E-state index in [0.29, 0.717) is 6.54 Å². The molecule has 0 bridgehead atoms. The van der Waals surface area contributed by atoms with Crippen molar-refractivity contribution in [3.05, 3.63) is 0 Å². The van der Waals surface area contributed by atoms with Crippen LogP contribution in [0.3, 0.4) is 0 Å². The summed E-state index contributed by atoms with van der Waals surface area (Å²) in [6.45, 7) is 3.27. The molecule has 86 valence electrons. The van der Waals surface area contributed by atoms with Crippen molar-refractivity contribution < 1.29 is 9.53 Å². The number of ether oxygens (including phenoxy) is 1. The average molecular weight is 230 g/mol. The highest BCUT2D eigenvalue weighted by molar-refractivity contribution is 7.99. The number of hydrogen-bond acceptors (Lipinski definition) is 3. The fraction of sp³-hybridized carbons (Fsp3) is 0.900. The Kier molecular flexibility index (Phi) is 4.14. The van der Waals surface area contributed by atoms with E-state index in [-0.39, 0.29) is 12.1 Å². The van der Waals surface area contributed by atoms with Crippen molar-refractivity contribution in [2.24, 2.45) is 0 Å². The van der Waals surface area contributed by atoms with Crippen LogP contribution >= 0.6 is 11.8 Å². The van der Waals surface area contributed by atoms with E-state index >= 15 is 0 Å². The van der Waals surface area contributed by atoms with Gasteiger partial charge in [-0.1, -0.05) is 0 Å². The normalized spacial score (nSPS) is 26.7. The van der Waals surface area contributed by atoms with Gasteiger partial charge >= 0.3 is 6.03 Å². The molecule has 0 aliphatic carbocycles. The summed E-state index contributed by atoms with van der Waals surface area (Å²) in [6, 6.07) is 0.0748. The van der Waals surface area contributed by atoms with Gasteiger partial charge in [-0.25, -0.2) is 4.79 Å². The summed E-state index contributed by atoms with van der Waals surface area (Å²) < 4.78 is 5.45. The minimum Gasteiger partial charge on any atom is -0.376 e. The van der Waals surface area contributed by atoms with Crippen molar-refractivity contribution in [1.29, 1.82) is 0 Å². The van der Waals surface area contributed by atoms with Crippen molar-refractivity contribution in [2.75, 3.05) is 37.7 Å². The molecule has 5 heteroatoms. The topological polar surface area (TPSA) is 41.6 Å². The standard InChI is InChI=1S/C10H18N2O2S/c13-10(12-3-6-15-7-4-12)11-8-9-2-1-5-14-9/h9H,1-8H2,(H,11,13)/t9-/m0/s1. The van der Waals surface area contributed by atoms with Gasteiger partial charge in [0.05, 0.1) is 6.10 Å². The molecule has 0 aromatic heterocycles. The summed E-state index contributed by atoms with van der Waals surface area (Å²) in [5.74, 6) is 2.13. The van der Waals surface area contributed by atoms with Crippen LogP contribution in [-0.2, 0) is 4.74 Å². The minimum absolute atomic E-state index is 0.0748. The molecule has 0 saturated carbocycles. The lowest BCUT2D eigenvalue weighted by Crippen LogP contribution is -2.46. The van der Waals surface area contributed by atoms with Gasteiger partial charge < -0.3 is 15.0 Å². The molecule has 2 fully saturated rings. The number of carbonyl (C=O) groups is 1. The number of urea groups is 1. The summed E-state index contributed by atoms with van der Waals surface area (Å²) in [4.78, 5) is 13.6. The van der Waals surface area contributed by atoms with Gasteiger partial charge in [0.15, 0.2) is 0 Å². The Balaban J connectivity index is 1.66. The van der Waals surface area contributed by atoms with E-state index in [1.54, 1.807) is 0 Å². The molecular formula is C10H18N2O2S. The second-order valence-electron chi connectivity index (χ2n) is 3.92. The Labute approximate surface area is 94.7 Å². The third-order valence-electron chi connectivity index (χ3n) is 2.80. The zero-order chi connectivity index (χ0) is 10.5. The molecular weight excluding hydrogens is 212 g/mol. The Morgan fingerprint density at radius 2 is 2.27 bits per heavy atom. The fourth-order valence-corrected chi connectivity index (χ4v) is 2.79. The van der Waals surface area contributed by atoms with E-state index in [1.165, 1.54) is 0 Å². The van der Waals surface area contributed by atoms with Crippen LogP contribution in [0.15, 0.2) is 0 Å². The molecule has 2 aliphatic rings. The first-order valence-corrected chi connectivity index (χ1v) is 6.74. The molecule has 15 heavy (non-hydrogen) atoms. The maximum absolute atomic E-state index is 11.7. The number of carbonyl (C=O) groups excluding carboxylic acids is 1. The smallest absolute Gasteiger partial charge is 0.317 e. The zero-order valence-corrected chi connectivity index (χ0v) is 9.72. The molecule has 2 saturated heterocycles. The summed E-state index contributed by atoms with van der Waals surface area (Å²) >= 11 is 1.91. The zero-order valence-electron chi connectivity index (χ0n) is 8.91.